The standard InChI is InChI=1S/C25H35ClFN5O2S/c1-16-5-4-6-17(11-16)18-7-8-21(23(12-18)32(2)3)30-22-14-20(27)24(13-19(22)26)35(33,34)31-25-9-10-28-15-29-25/h9-11,13-16,18-19,21-23,30H,4-8,12H2,1-3H3,(H,28,29,31)/t16?,18-,19?,21?,22?,23-/m0/s1. The van der Waals surface area contributed by atoms with Gasteiger partial charge >= 0.3 is 0 Å². The number of nitrogens with one attached hydrogen (secondary N) is 2. The van der Waals surface area contributed by atoms with Gasteiger partial charge in [0.2, 0.25) is 0 Å². The van der Waals surface area contributed by atoms with Crippen molar-refractivity contribution < 1.29 is 12.8 Å². The summed E-state index contributed by atoms with van der Waals surface area (Å²) in [6, 6.07) is 1.30. The summed E-state index contributed by atoms with van der Waals surface area (Å²) >= 11 is 6.57. The summed E-state index contributed by atoms with van der Waals surface area (Å²) in [5.74, 6) is 0.476. The Morgan fingerprint density at radius 1 is 1.17 bits per heavy atom. The zero-order chi connectivity index (χ0) is 25.2. The maximum atomic E-state index is 15.0. The van der Waals surface area contributed by atoms with Gasteiger partial charge < -0.3 is 10.2 Å². The van der Waals surface area contributed by atoms with Crippen molar-refractivity contribution >= 4 is 27.4 Å². The summed E-state index contributed by atoms with van der Waals surface area (Å²) in [6.45, 7) is 2.30. The summed E-state index contributed by atoms with van der Waals surface area (Å²) in [6.07, 6.45) is 14.5. The zero-order valence-electron chi connectivity index (χ0n) is 20.5. The maximum absolute atomic E-state index is 15.0. The van der Waals surface area contributed by atoms with Gasteiger partial charge in [0.15, 0.2) is 0 Å². The van der Waals surface area contributed by atoms with E-state index in [9.17, 15) is 8.42 Å². The molecule has 6 atom stereocenters. The van der Waals surface area contributed by atoms with E-state index in [-0.39, 0.29) is 17.9 Å². The molecule has 35 heavy (non-hydrogen) atoms. The second kappa shape index (κ2) is 11.1. The smallest absolute Gasteiger partial charge is 0.265 e. The van der Waals surface area contributed by atoms with Crippen LogP contribution >= 0.6 is 11.6 Å². The van der Waals surface area contributed by atoms with Gasteiger partial charge in [0.05, 0.1) is 5.38 Å². The van der Waals surface area contributed by atoms with E-state index in [0.29, 0.717) is 11.8 Å². The Morgan fingerprint density at radius 2 is 1.97 bits per heavy atom. The molecule has 1 saturated carbocycles. The third-order valence-electron chi connectivity index (χ3n) is 7.36. The Hall–Kier alpha value is -1.81. The molecule has 4 unspecified atom stereocenters. The number of likely N-dealkylation sites (N-methyl/N-ethyl adjacent to an activating group) is 1. The Kier molecular flexibility index (Phi) is 8.30. The van der Waals surface area contributed by atoms with Crippen molar-refractivity contribution in [3.05, 3.63) is 53.1 Å². The van der Waals surface area contributed by atoms with Gasteiger partial charge in [0, 0.05) is 24.3 Å². The fraction of sp³-hybridized carbons (Fsp3) is 0.600. The van der Waals surface area contributed by atoms with E-state index < -0.39 is 32.2 Å². The third-order valence-corrected chi connectivity index (χ3v) is 9.15. The molecular formula is C25H35ClFN5O2S. The van der Waals surface area contributed by atoms with E-state index in [0.717, 1.165) is 19.3 Å². The summed E-state index contributed by atoms with van der Waals surface area (Å²) in [4.78, 5) is 9.35. The molecule has 7 nitrogen and oxygen atoms in total. The van der Waals surface area contributed by atoms with Gasteiger partial charge in [-0.15, -0.1) is 11.6 Å². The van der Waals surface area contributed by atoms with Crippen molar-refractivity contribution in [1.82, 2.24) is 20.2 Å². The largest absolute Gasteiger partial charge is 0.305 e. The van der Waals surface area contributed by atoms with E-state index in [2.05, 4.69) is 52.0 Å². The molecule has 0 spiro atoms. The Labute approximate surface area is 213 Å². The van der Waals surface area contributed by atoms with Gasteiger partial charge in [-0.05, 0) is 82.7 Å². The maximum Gasteiger partial charge on any atom is 0.265 e. The molecule has 10 heteroatoms. The molecule has 3 aliphatic rings. The van der Waals surface area contributed by atoms with Crippen molar-refractivity contribution in [3.8, 4) is 0 Å². The molecule has 1 heterocycles. The Balaban J connectivity index is 1.44. The first kappa shape index (κ1) is 26.3. The number of anilines is 1. The summed E-state index contributed by atoms with van der Waals surface area (Å²) in [5.41, 5.74) is 1.60. The van der Waals surface area contributed by atoms with Gasteiger partial charge in [-0.25, -0.2) is 22.8 Å². The van der Waals surface area contributed by atoms with E-state index in [1.54, 1.807) is 5.57 Å². The van der Waals surface area contributed by atoms with Crippen LogP contribution in [0.2, 0.25) is 0 Å². The normalized spacial score (nSPS) is 32.0. The minimum absolute atomic E-state index is 0.0631. The van der Waals surface area contributed by atoms with Crippen molar-refractivity contribution in [3.63, 3.8) is 0 Å². The van der Waals surface area contributed by atoms with Crippen molar-refractivity contribution in [1.29, 1.82) is 0 Å². The highest BCUT2D eigenvalue weighted by Gasteiger charge is 2.37. The van der Waals surface area contributed by atoms with Crippen molar-refractivity contribution in [2.24, 2.45) is 11.8 Å². The lowest BCUT2D eigenvalue weighted by Gasteiger charge is -2.43. The number of nitrogens with zero attached hydrogens (tertiary/aromatic N) is 3. The van der Waals surface area contributed by atoms with E-state index in [1.807, 2.05) is 0 Å². The molecule has 1 aromatic heterocycles. The van der Waals surface area contributed by atoms with Gasteiger partial charge in [-0.1, -0.05) is 18.6 Å². The third kappa shape index (κ3) is 6.31. The number of sulfonamides is 1. The molecule has 192 valence electrons. The van der Waals surface area contributed by atoms with E-state index >= 15 is 4.39 Å². The minimum Gasteiger partial charge on any atom is -0.305 e. The van der Waals surface area contributed by atoms with Crippen LogP contribution in [-0.4, -0.2) is 60.9 Å². The molecule has 0 amide bonds. The van der Waals surface area contributed by atoms with Gasteiger partial charge in [-0.2, -0.15) is 0 Å². The zero-order valence-corrected chi connectivity index (χ0v) is 22.1. The summed E-state index contributed by atoms with van der Waals surface area (Å²) in [5, 5.41) is 2.82. The van der Waals surface area contributed by atoms with Crippen LogP contribution in [-0.2, 0) is 10.0 Å². The molecule has 0 radical (unpaired) electrons. The highest BCUT2D eigenvalue weighted by atomic mass is 35.5. The average Bonchev–Trinajstić information content (AvgIpc) is 2.81. The van der Waals surface area contributed by atoms with Crippen molar-refractivity contribution in [2.75, 3.05) is 18.8 Å². The molecule has 0 saturated heterocycles. The first-order chi connectivity index (χ1) is 16.6. The first-order valence-electron chi connectivity index (χ1n) is 12.3. The van der Waals surface area contributed by atoms with Gasteiger partial charge in [0.1, 0.15) is 22.9 Å². The molecule has 3 aliphatic carbocycles. The first-order valence-corrected chi connectivity index (χ1v) is 14.2. The summed E-state index contributed by atoms with van der Waals surface area (Å²) in [7, 11) is -0.00902. The van der Waals surface area contributed by atoms with Gasteiger partial charge in [-0.3, -0.25) is 4.72 Å². The minimum atomic E-state index is -4.17. The van der Waals surface area contributed by atoms with Crippen LogP contribution in [0.3, 0.4) is 0 Å². The monoisotopic (exact) mass is 523 g/mol. The second-order valence-electron chi connectivity index (χ2n) is 10.1. The average molecular weight is 524 g/mol. The molecule has 4 rings (SSSR count). The number of rotatable bonds is 7. The van der Waals surface area contributed by atoms with Crippen molar-refractivity contribution in [2.45, 2.75) is 69.0 Å². The highest BCUT2D eigenvalue weighted by Crippen LogP contribution is 2.38. The van der Waals surface area contributed by atoms with Crippen LogP contribution in [0.15, 0.2) is 53.1 Å². The Morgan fingerprint density at radius 3 is 2.66 bits per heavy atom. The molecule has 0 bridgehead atoms. The van der Waals surface area contributed by atoms with Crippen LogP contribution in [0.25, 0.3) is 0 Å². The van der Waals surface area contributed by atoms with E-state index in [1.165, 1.54) is 50.0 Å². The van der Waals surface area contributed by atoms with Gasteiger partial charge in [0.25, 0.3) is 10.0 Å². The van der Waals surface area contributed by atoms with Crippen LogP contribution in [0.1, 0.15) is 45.4 Å². The molecule has 2 N–H and O–H groups in total. The van der Waals surface area contributed by atoms with Crippen LogP contribution in [0.5, 0.6) is 0 Å². The fourth-order valence-electron chi connectivity index (χ4n) is 5.56. The number of halogens is 2. The molecule has 0 aliphatic heterocycles. The second-order valence-corrected chi connectivity index (χ2v) is 12.3. The molecular weight excluding hydrogens is 489 g/mol. The lowest BCUT2D eigenvalue weighted by Crippen LogP contribution is -2.55. The van der Waals surface area contributed by atoms with Crippen LogP contribution in [0.4, 0.5) is 10.2 Å². The molecule has 1 fully saturated rings. The number of hydrogen-bond donors (Lipinski definition) is 2. The predicted molar refractivity (Wildman–Crippen MR) is 138 cm³/mol. The van der Waals surface area contributed by atoms with E-state index in [4.69, 9.17) is 11.6 Å². The molecule has 0 aromatic carbocycles. The number of alkyl halides is 1. The lowest BCUT2D eigenvalue weighted by atomic mass is 9.74. The SMILES string of the molecule is CC1C=C([C@H]2CCC(NC3C=C(F)C(S(=O)(=O)Nc4ccncn4)=CC3Cl)[C@@H](N(C)C)C2)CCC1. The Bertz CT molecular complexity index is 1090. The number of aromatic nitrogens is 2. The quantitative estimate of drug-likeness (QED) is 0.407. The fourth-order valence-corrected chi connectivity index (χ4v) is 7.06. The molecule has 1 aromatic rings. The highest BCUT2D eigenvalue weighted by molar-refractivity contribution is 7.96. The summed E-state index contributed by atoms with van der Waals surface area (Å²) < 4.78 is 42.8. The number of allylic oxidation sites excluding steroid dienone is 3. The van der Waals surface area contributed by atoms with Crippen LogP contribution in [0, 0.1) is 11.8 Å². The topological polar surface area (TPSA) is 87.2 Å². The van der Waals surface area contributed by atoms with Crippen LogP contribution < -0.4 is 10.0 Å². The number of hydrogen-bond acceptors (Lipinski definition) is 6. The predicted octanol–water partition coefficient (Wildman–Crippen LogP) is 4.38. The lowest BCUT2D eigenvalue weighted by molar-refractivity contribution is 0.145.